The van der Waals surface area contributed by atoms with Gasteiger partial charge in [-0.15, -0.1) is 0 Å². The Balaban J connectivity index is 1.51. The van der Waals surface area contributed by atoms with E-state index in [1.54, 1.807) is 22.8 Å². The molecule has 4 aromatic rings. The fourth-order valence-corrected chi connectivity index (χ4v) is 4.46. The van der Waals surface area contributed by atoms with E-state index in [9.17, 15) is 9.59 Å². The van der Waals surface area contributed by atoms with Gasteiger partial charge >= 0.3 is 0 Å². The molecule has 0 atom stereocenters. The third-order valence-corrected chi connectivity index (χ3v) is 6.70. The van der Waals surface area contributed by atoms with Crippen LogP contribution in [-0.4, -0.2) is 48.3 Å². The summed E-state index contributed by atoms with van der Waals surface area (Å²) in [7, 11) is 0. The average Bonchev–Trinajstić information content (AvgIpc) is 2.91. The lowest BCUT2D eigenvalue weighted by molar-refractivity contribution is 0.0954. The zero-order valence-electron chi connectivity index (χ0n) is 20.7. The molecule has 0 radical (unpaired) electrons. The zero-order chi connectivity index (χ0) is 25.1. The van der Waals surface area contributed by atoms with Crippen LogP contribution in [0.25, 0.3) is 16.6 Å². The number of morpholine rings is 1. The van der Waals surface area contributed by atoms with Gasteiger partial charge in [0, 0.05) is 25.2 Å². The minimum Gasteiger partial charge on any atom is -0.378 e. The van der Waals surface area contributed by atoms with Crippen molar-refractivity contribution in [3.8, 4) is 5.69 Å². The van der Waals surface area contributed by atoms with Crippen LogP contribution in [0.1, 0.15) is 27.0 Å². The Morgan fingerprint density at radius 2 is 1.75 bits per heavy atom. The topological polar surface area (TPSA) is 76.5 Å². The number of carbonyl (C=O) groups excluding carboxylic acids is 1. The van der Waals surface area contributed by atoms with Crippen LogP contribution in [0.4, 0.5) is 5.95 Å². The van der Waals surface area contributed by atoms with Crippen molar-refractivity contribution in [2.75, 3.05) is 37.7 Å². The van der Waals surface area contributed by atoms with E-state index in [2.05, 4.69) is 17.1 Å². The number of carbonyl (C=O) groups is 1. The molecule has 1 amide bonds. The number of nitrogens with zero attached hydrogens (tertiary/aromatic N) is 3. The molecule has 0 spiro atoms. The highest BCUT2D eigenvalue weighted by molar-refractivity contribution is 5.97. The molecule has 1 saturated heterocycles. The van der Waals surface area contributed by atoms with Gasteiger partial charge in [0.15, 0.2) is 0 Å². The van der Waals surface area contributed by atoms with E-state index in [1.807, 2.05) is 55.5 Å². The molecule has 1 aliphatic rings. The van der Waals surface area contributed by atoms with Crippen molar-refractivity contribution in [3.05, 3.63) is 99.3 Å². The second-order valence-electron chi connectivity index (χ2n) is 9.14. The van der Waals surface area contributed by atoms with Crippen LogP contribution in [0.5, 0.6) is 0 Å². The van der Waals surface area contributed by atoms with E-state index < -0.39 is 0 Å². The quantitative estimate of drug-likeness (QED) is 0.452. The van der Waals surface area contributed by atoms with Crippen molar-refractivity contribution in [2.24, 2.45) is 0 Å². The maximum Gasteiger partial charge on any atom is 0.267 e. The molecule has 0 aliphatic carbocycles. The van der Waals surface area contributed by atoms with Crippen molar-refractivity contribution in [3.63, 3.8) is 0 Å². The molecule has 7 heteroatoms. The van der Waals surface area contributed by atoms with Crippen LogP contribution >= 0.6 is 0 Å². The highest BCUT2D eigenvalue weighted by Gasteiger charge is 2.21. The third-order valence-electron chi connectivity index (χ3n) is 6.70. The zero-order valence-corrected chi connectivity index (χ0v) is 20.7. The number of hydrogen-bond donors (Lipinski definition) is 1. The molecule has 2 heterocycles. The highest BCUT2D eigenvalue weighted by atomic mass is 16.5. The number of anilines is 1. The molecule has 1 N–H and O–H groups in total. The number of aryl methyl sites for hydroxylation is 2. The fraction of sp³-hybridized carbons (Fsp3) is 0.276. The van der Waals surface area contributed by atoms with Gasteiger partial charge in [0.2, 0.25) is 5.95 Å². The normalized spacial score (nSPS) is 13.7. The summed E-state index contributed by atoms with van der Waals surface area (Å²) in [6, 6.07) is 21.1. The van der Waals surface area contributed by atoms with Gasteiger partial charge in [0.1, 0.15) is 0 Å². The van der Waals surface area contributed by atoms with E-state index in [4.69, 9.17) is 9.72 Å². The Morgan fingerprint density at radius 3 is 2.50 bits per heavy atom. The first kappa shape index (κ1) is 23.8. The summed E-state index contributed by atoms with van der Waals surface area (Å²) >= 11 is 0. The molecule has 0 saturated carbocycles. The highest BCUT2D eigenvalue weighted by Crippen LogP contribution is 2.23. The van der Waals surface area contributed by atoms with Gasteiger partial charge in [0.05, 0.1) is 29.8 Å². The maximum absolute atomic E-state index is 13.8. The first-order chi connectivity index (χ1) is 17.5. The van der Waals surface area contributed by atoms with Gasteiger partial charge < -0.3 is 15.0 Å². The van der Waals surface area contributed by atoms with Gasteiger partial charge in [-0.2, -0.15) is 0 Å². The Morgan fingerprint density at radius 1 is 0.972 bits per heavy atom. The van der Waals surface area contributed by atoms with Gasteiger partial charge in [-0.1, -0.05) is 36.4 Å². The van der Waals surface area contributed by atoms with Crippen LogP contribution < -0.4 is 15.8 Å². The summed E-state index contributed by atoms with van der Waals surface area (Å²) in [6.45, 7) is 7.05. The summed E-state index contributed by atoms with van der Waals surface area (Å²) in [5.74, 6) is 0.390. The molecule has 1 aromatic heterocycles. The summed E-state index contributed by atoms with van der Waals surface area (Å²) in [5.41, 5.74) is 5.06. The standard InChI is InChI=1S/C29H30N4O3/c1-20-8-10-24(18-21(20)2)33-28(35)25-11-9-23(27(34)30-13-12-22-6-4-3-5-7-22)19-26(25)31-29(33)32-14-16-36-17-15-32/h3-11,18-19H,12-17H2,1-2H3,(H,30,34). The molecule has 5 rings (SSSR count). The second-order valence-corrected chi connectivity index (χ2v) is 9.14. The minimum atomic E-state index is -0.180. The number of fused-ring (bicyclic) bond motifs is 1. The summed E-state index contributed by atoms with van der Waals surface area (Å²) in [5, 5.41) is 3.45. The average molecular weight is 483 g/mol. The van der Waals surface area contributed by atoms with E-state index in [0.717, 1.165) is 23.2 Å². The third kappa shape index (κ3) is 4.88. The Hall–Kier alpha value is -3.97. The van der Waals surface area contributed by atoms with Crippen molar-refractivity contribution >= 4 is 22.8 Å². The molecule has 184 valence electrons. The summed E-state index contributed by atoms with van der Waals surface area (Å²) < 4.78 is 7.21. The first-order valence-electron chi connectivity index (χ1n) is 12.3. The Labute approximate surface area is 210 Å². The predicted octanol–water partition coefficient (Wildman–Crippen LogP) is 3.81. The lowest BCUT2D eigenvalue weighted by Gasteiger charge is -2.30. The number of aromatic nitrogens is 2. The predicted molar refractivity (Wildman–Crippen MR) is 142 cm³/mol. The lowest BCUT2D eigenvalue weighted by atomic mass is 10.1. The monoisotopic (exact) mass is 482 g/mol. The van der Waals surface area contributed by atoms with Crippen molar-refractivity contribution in [1.29, 1.82) is 0 Å². The van der Waals surface area contributed by atoms with Crippen LogP contribution in [0.3, 0.4) is 0 Å². The second kappa shape index (κ2) is 10.3. The molecule has 7 nitrogen and oxygen atoms in total. The SMILES string of the molecule is Cc1ccc(-n2c(N3CCOCC3)nc3cc(C(=O)NCCc4ccccc4)ccc3c2=O)cc1C. The lowest BCUT2D eigenvalue weighted by Crippen LogP contribution is -2.40. The number of benzene rings is 3. The summed E-state index contributed by atoms with van der Waals surface area (Å²) in [4.78, 5) is 33.6. The van der Waals surface area contributed by atoms with Crippen molar-refractivity contribution < 1.29 is 9.53 Å². The number of nitrogens with one attached hydrogen (secondary N) is 1. The fourth-order valence-electron chi connectivity index (χ4n) is 4.46. The summed E-state index contributed by atoms with van der Waals surface area (Å²) in [6.07, 6.45) is 0.750. The number of hydrogen-bond acceptors (Lipinski definition) is 5. The van der Waals surface area contributed by atoms with Gasteiger partial charge in [-0.05, 0) is 67.3 Å². The molecule has 36 heavy (non-hydrogen) atoms. The number of rotatable bonds is 6. The van der Waals surface area contributed by atoms with Gasteiger partial charge in [-0.25, -0.2) is 9.55 Å². The van der Waals surface area contributed by atoms with Crippen LogP contribution in [0.2, 0.25) is 0 Å². The van der Waals surface area contributed by atoms with Crippen molar-refractivity contribution in [2.45, 2.75) is 20.3 Å². The van der Waals surface area contributed by atoms with Crippen LogP contribution in [0.15, 0.2) is 71.5 Å². The van der Waals surface area contributed by atoms with E-state index in [0.29, 0.717) is 55.3 Å². The molecule has 3 aromatic carbocycles. The van der Waals surface area contributed by atoms with Crippen LogP contribution in [-0.2, 0) is 11.2 Å². The first-order valence-corrected chi connectivity index (χ1v) is 12.3. The maximum atomic E-state index is 13.8. The van der Waals surface area contributed by atoms with Gasteiger partial charge in [-0.3, -0.25) is 9.59 Å². The molecular formula is C29H30N4O3. The Bertz CT molecular complexity index is 1460. The van der Waals surface area contributed by atoms with Crippen molar-refractivity contribution in [1.82, 2.24) is 14.9 Å². The molecule has 1 fully saturated rings. The Kier molecular flexibility index (Phi) is 6.82. The number of amides is 1. The van der Waals surface area contributed by atoms with E-state index in [1.165, 1.54) is 5.56 Å². The molecule has 1 aliphatic heterocycles. The largest absolute Gasteiger partial charge is 0.378 e. The number of ether oxygens (including phenoxy) is 1. The van der Waals surface area contributed by atoms with E-state index in [-0.39, 0.29) is 11.5 Å². The van der Waals surface area contributed by atoms with Crippen LogP contribution in [0, 0.1) is 13.8 Å². The molecule has 0 bridgehead atoms. The smallest absolute Gasteiger partial charge is 0.267 e. The molecular weight excluding hydrogens is 452 g/mol. The van der Waals surface area contributed by atoms with Gasteiger partial charge in [0.25, 0.3) is 11.5 Å². The molecule has 0 unspecified atom stereocenters. The van der Waals surface area contributed by atoms with E-state index >= 15 is 0 Å². The minimum absolute atomic E-state index is 0.152.